The minimum absolute atomic E-state index is 0.785. The summed E-state index contributed by atoms with van der Waals surface area (Å²) in [5, 5.41) is 26.2. The molecule has 0 aromatic heterocycles. The molecule has 0 amide bonds. The van der Waals surface area contributed by atoms with Gasteiger partial charge in [-0.25, -0.2) is 0 Å². The summed E-state index contributed by atoms with van der Waals surface area (Å²) in [7, 11) is -6.53. The summed E-state index contributed by atoms with van der Waals surface area (Å²) < 4.78 is 0.785. The molecule has 0 aromatic carbocycles. The molecule has 0 aliphatic carbocycles. The van der Waals surface area contributed by atoms with Crippen LogP contribution < -0.4 is 0 Å². The van der Waals surface area contributed by atoms with Gasteiger partial charge in [-0.15, -0.1) is 0 Å². The molecule has 0 aliphatic heterocycles. The van der Waals surface area contributed by atoms with Crippen LogP contribution in [0.25, 0.3) is 0 Å². The molecule has 0 fully saturated rings. The van der Waals surface area contributed by atoms with Gasteiger partial charge in [-0.3, -0.25) is 0 Å². The Balaban J connectivity index is 5.39. The van der Waals surface area contributed by atoms with Crippen molar-refractivity contribution in [3.05, 3.63) is 0 Å². The molecule has 86 valence electrons. The maximum atomic E-state index is 10.7. The Kier molecular flexibility index (Phi) is 5.42. The standard InChI is InChI=1S/C6H6NO6P3/c1-14(4(8)9)7(15(2)5(10)11)16(3)6(12)13/h1-3H2/p+3. The fourth-order valence-electron chi connectivity index (χ4n) is 0.621. The number of hydrogen-bond donors (Lipinski definition) is 3. The minimum atomic E-state index is -2.18. The summed E-state index contributed by atoms with van der Waals surface area (Å²) in [4.78, 5) is 32.1. The zero-order chi connectivity index (χ0) is 13.0. The van der Waals surface area contributed by atoms with Crippen LogP contribution in [0.15, 0.2) is 0 Å². The molecule has 10 heteroatoms. The normalized spacial score (nSPS) is 12.9. The highest BCUT2D eigenvalue weighted by molar-refractivity contribution is 7.95. The molecule has 7 nitrogen and oxygen atoms in total. The Labute approximate surface area is 93.6 Å². The number of rotatable bonds is 6. The van der Waals surface area contributed by atoms with E-state index in [-0.39, 0.29) is 0 Å². The Hall–Kier alpha value is -1.12. The van der Waals surface area contributed by atoms with Crippen LogP contribution in [0.2, 0.25) is 0 Å². The molecule has 0 heterocycles. The van der Waals surface area contributed by atoms with Gasteiger partial charge >= 0.3 is 40.2 Å². The van der Waals surface area contributed by atoms with Gasteiger partial charge in [0.15, 0.2) is 0 Å². The second-order valence-corrected chi connectivity index (χ2v) is 8.01. The van der Waals surface area contributed by atoms with Crippen LogP contribution in [0.5, 0.6) is 0 Å². The van der Waals surface area contributed by atoms with E-state index in [4.69, 9.17) is 15.3 Å². The lowest BCUT2D eigenvalue weighted by molar-refractivity contribution is 0.221. The molecule has 0 spiro atoms. The van der Waals surface area contributed by atoms with Gasteiger partial charge < -0.3 is 15.3 Å². The van der Waals surface area contributed by atoms with E-state index < -0.39 is 40.2 Å². The number of nitrogens with zero attached hydrogens (tertiary/aromatic N) is 1. The van der Waals surface area contributed by atoms with Crippen molar-refractivity contribution in [3.8, 4) is 0 Å². The van der Waals surface area contributed by atoms with E-state index in [2.05, 4.69) is 18.9 Å². The first-order valence-electron chi connectivity index (χ1n) is 3.50. The first-order chi connectivity index (χ1) is 7.20. The minimum Gasteiger partial charge on any atom is -0.444 e. The Morgan fingerprint density at radius 3 is 1.06 bits per heavy atom. The van der Waals surface area contributed by atoms with Gasteiger partial charge in [-0.1, -0.05) is 0 Å². The summed E-state index contributed by atoms with van der Waals surface area (Å²) in [5.74, 6) is 0. The highest BCUT2D eigenvalue weighted by Crippen LogP contribution is 2.55. The van der Waals surface area contributed by atoms with Gasteiger partial charge in [0, 0.05) is 0 Å². The predicted octanol–water partition coefficient (Wildman–Crippen LogP) is 2.81. The van der Waals surface area contributed by atoms with Crippen molar-refractivity contribution < 1.29 is 29.7 Å². The Morgan fingerprint density at radius 1 is 0.750 bits per heavy atom. The SMILES string of the molecule is C=[P+](C(=O)O)N([P+](=C)C(=O)O)[P+](=C)C(=O)O. The first kappa shape index (κ1) is 14.9. The van der Waals surface area contributed by atoms with Crippen molar-refractivity contribution in [2.24, 2.45) is 0 Å². The van der Waals surface area contributed by atoms with E-state index in [1.807, 2.05) is 0 Å². The van der Waals surface area contributed by atoms with Crippen LogP contribution in [0.4, 0.5) is 14.4 Å². The molecule has 0 bridgehead atoms. The zero-order valence-electron chi connectivity index (χ0n) is 7.98. The largest absolute Gasteiger partial charge is 0.537 e. The molecule has 3 unspecified atom stereocenters. The van der Waals surface area contributed by atoms with Crippen LogP contribution in [-0.4, -0.2) is 55.6 Å². The summed E-state index contributed by atoms with van der Waals surface area (Å²) in [6, 6.07) is 0. The second kappa shape index (κ2) is 5.83. The van der Waals surface area contributed by atoms with Crippen LogP contribution in [0.3, 0.4) is 0 Å². The van der Waals surface area contributed by atoms with Gasteiger partial charge in [-0.05, 0) is 0 Å². The fourth-order valence-corrected chi connectivity index (χ4v) is 5.58. The average molecular weight is 284 g/mol. The third-order valence-electron chi connectivity index (χ3n) is 1.31. The molecule has 3 N–H and O–H groups in total. The van der Waals surface area contributed by atoms with Crippen LogP contribution in [0.1, 0.15) is 0 Å². The van der Waals surface area contributed by atoms with E-state index >= 15 is 0 Å². The molecule has 0 saturated carbocycles. The molecule has 0 aliphatic rings. The summed E-state index contributed by atoms with van der Waals surface area (Å²) in [6.45, 7) is 0. The van der Waals surface area contributed by atoms with Gasteiger partial charge in [0.1, 0.15) is 18.9 Å². The summed E-state index contributed by atoms with van der Waals surface area (Å²) >= 11 is 0. The van der Waals surface area contributed by atoms with E-state index in [1.54, 1.807) is 0 Å². The number of carboxylic acid groups (broad SMARTS) is 3. The highest BCUT2D eigenvalue weighted by Gasteiger charge is 2.57. The van der Waals surface area contributed by atoms with Crippen molar-refractivity contribution >= 4 is 59.1 Å². The first-order valence-corrected chi connectivity index (χ1v) is 7.94. The van der Waals surface area contributed by atoms with E-state index in [1.165, 1.54) is 0 Å². The molecule has 0 saturated heterocycles. The lowest BCUT2D eigenvalue weighted by Crippen LogP contribution is -2.08. The smallest absolute Gasteiger partial charge is 0.444 e. The predicted molar refractivity (Wildman–Crippen MR) is 68.0 cm³/mol. The van der Waals surface area contributed by atoms with E-state index in [0.29, 0.717) is 0 Å². The molecule has 3 atom stereocenters. The molecule has 0 radical (unpaired) electrons. The number of hydrogen-bond acceptors (Lipinski definition) is 4. The molecule has 0 rings (SSSR count). The van der Waals surface area contributed by atoms with Crippen molar-refractivity contribution in [3.63, 3.8) is 0 Å². The topological polar surface area (TPSA) is 115 Å². The van der Waals surface area contributed by atoms with E-state index in [9.17, 15) is 14.4 Å². The fraction of sp³-hybridized carbons (Fsp3) is 0. The molecular weight excluding hydrogens is 275 g/mol. The molecule has 0 aromatic rings. The Bertz CT molecular complexity index is 355. The van der Waals surface area contributed by atoms with Gasteiger partial charge in [0.2, 0.25) is 4.21 Å². The van der Waals surface area contributed by atoms with Crippen molar-refractivity contribution in [1.82, 2.24) is 4.21 Å². The maximum Gasteiger partial charge on any atom is 0.537 e. The number of carbonyl (C=O) groups is 3. The highest BCUT2D eigenvalue weighted by atomic mass is 31.2. The Morgan fingerprint density at radius 2 is 0.938 bits per heavy atom. The van der Waals surface area contributed by atoms with E-state index in [0.717, 1.165) is 4.21 Å². The summed E-state index contributed by atoms with van der Waals surface area (Å²) in [6.07, 6.45) is 9.79. The third kappa shape index (κ3) is 3.47. The van der Waals surface area contributed by atoms with Crippen LogP contribution in [0, 0.1) is 0 Å². The van der Waals surface area contributed by atoms with Crippen LogP contribution >= 0.6 is 23.1 Å². The van der Waals surface area contributed by atoms with Gasteiger partial charge in [0.05, 0.1) is 0 Å². The maximum absolute atomic E-state index is 10.7. The molecule has 16 heavy (non-hydrogen) atoms. The summed E-state index contributed by atoms with van der Waals surface area (Å²) in [5.41, 5.74) is -4.07. The second-order valence-electron chi connectivity index (χ2n) is 2.31. The lowest BCUT2D eigenvalue weighted by Gasteiger charge is -1.91. The van der Waals surface area contributed by atoms with Crippen molar-refractivity contribution in [2.75, 3.05) is 0 Å². The third-order valence-corrected chi connectivity index (χ3v) is 7.82. The average Bonchev–Trinajstić information content (AvgIpc) is 2.16. The van der Waals surface area contributed by atoms with Gasteiger partial charge in [0.25, 0.3) is 0 Å². The van der Waals surface area contributed by atoms with Crippen molar-refractivity contribution in [2.45, 2.75) is 0 Å². The van der Waals surface area contributed by atoms with Crippen LogP contribution in [-0.2, 0) is 0 Å². The molecular formula is C6H9NO6P3+3. The quantitative estimate of drug-likeness (QED) is 0.642. The zero-order valence-corrected chi connectivity index (χ0v) is 10.7. The van der Waals surface area contributed by atoms with Crippen molar-refractivity contribution in [1.29, 1.82) is 0 Å². The monoisotopic (exact) mass is 284 g/mol. The van der Waals surface area contributed by atoms with Gasteiger partial charge in [-0.2, -0.15) is 14.4 Å². The lowest BCUT2D eigenvalue weighted by atomic mass is 11.6.